The number of methoxy groups -OCH3 is 3. The monoisotopic (exact) mass is 652 g/mol. The lowest BCUT2D eigenvalue weighted by Gasteiger charge is -2.22. The van der Waals surface area contributed by atoms with Gasteiger partial charge in [-0.2, -0.15) is 5.10 Å². The Hall–Kier alpha value is -5.56. The van der Waals surface area contributed by atoms with Gasteiger partial charge in [0, 0.05) is 6.42 Å². The molecule has 13 heteroatoms. The number of hydrogen-bond donors (Lipinski definition) is 1. The number of aromatic nitrogens is 3. The molecule has 0 bridgehead atoms. The second kappa shape index (κ2) is 14.3. The summed E-state index contributed by atoms with van der Waals surface area (Å²) in [4.78, 5) is 26.5. The highest BCUT2D eigenvalue weighted by Crippen LogP contribution is 2.35. The minimum Gasteiger partial charge on any atom is -0.497 e. The zero-order valence-corrected chi connectivity index (χ0v) is 26.8. The predicted molar refractivity (Wildman–Crippen MR) is 175 cm³/mol. The zero-order chi connectivity index (χ0) is 32.8. The molecule has 0 saturated carbocycles. The van der Waals surface area contributed by atoms with Crippen molar-refractivity contribution in [3.05, 3.63) is 114 Å². The van der Waals surface area contributed by atoms with Crippen molar-refractivity contribution in [2.45, 2.75) is 24.2 Å². The molecule has 0 aliphatic carbocycles. The topological polar surface area (TPSA) is 133 Å². The summed E-state index contributed by atoms with van der Waals surface area (Å²) in [7, 11) is 4.81. The van der Waals surface area contributed by atoms with E-state index in [0.717, 1.165) is 28.3 Å². The van der Waals surface area contributed by atoms with Crippen LogP contribution in [0.15, 0.2) is 106 Å². The molecule has 6 rings (SSSR count). The molecule has 12 nitrogen and oxygen atoms in total. The van der Waals surface area contributed by atoms with Crippen molar-refractivity contribution in [3.8, 4) is 22.9 Å². The third-order valence-electron chi connectivity index (χ3n) is 7.59. The molecule has 0 saturated heterocycles. The van der Waals surface area contributed by atoms with Gasteiger partial charge in [0.25, 0.3) is 11.8 Å². The Balaban J connectivity index is 1.27. The van der Waals surface area contributed by atoms with Crippen molar-refractivity contribution in [1.82, 2.24) is 25.1 Å². The molecule has 1 aliphatic heterocycles. The molecule has 0 fully saturated rings. The second-order valence-corrected chi connectivity index (χ2v) is 11.3. The quantitative estimate of drug-likeness (QED) is 0.179. The molecule has 1 unspecified atom stereocenters. The summed E-state index contributed by atoms with van der Waals surface area (Å²) < 4.78 is 23.3. The van der Waals surface area contributed by atoms with Crippen LogP contribution in [-0.2, 0) is 11.3 Å². The van der Waals surface area contributed by atoms with Crippen molar-refractivity contribution in [2.75, 3.05) is 27.1 Å². The minimum atomic E-state index is -0.391. The maximum absolute atomic E-state index is 13.9. The number of ether oxygens (including phenoxy) is 3. The number of carbonyl (C=O) groups excluding carboxylic acids is 2. The maximum atomic E-state index is 13.9. The van der Waals surface area contributed by atoms with Crippen LogP contribution in [0.4, 0.5) is 0 Å². The highest BCUT2D eigenvalue weighted by molar-refractivity contribution is 7.99. The number of hydrogen-bond acceptors (Lipinski definition) is 10. The average molecular weight is 653 g/mol. The lowest BCUT2D eigenvalue weighted by Crippen LogP contribution is -2.28. The van der Waals surface area contributed by atoms with Crippen LogP contribution in [0.5, 0.6) is 17.2 Å². The summed E-state index contributed by atoms with van der Waals surface area (Å²) in [5, 5.41) is 18.4. The first-order valence-corrected chi connectivity index (χ1v) is 15.7. The van der Waals surface area contributed by atoms with Gasteiger partial charge in [-0.25, -0.2) is 5.01 Å². The summed E-state index contributed by atoms with van der Waals surface area (Å²) in [6.07, 6.45) is 1.97. The van der Waals surface area contributed by atoms with E-state index in [-0.39, 0.29) is 30.0 Å². The Morgan fingerprint density at radius 2 is 1.62 bits per heavy atom. The van der Waals surface area contributed by atoms with Crippen LogP contribution >= 0.6 is 11.8 Å². The van der Waals surface area contributed by atoms with Crippen molar-refractivity contribution in [1.29, 1.82) is 0 Å². The summed E-state index contributed by atoms with van der Waals surface area (Å²) in [6, 6.07) is 25.6. The van der Waals surface area contributed by atoms with E-state index in [0.29, 0.717) is 28.8 Å². The van der Waals surface area contributed by atoms with Crippen LogP contribution in [0, 0.1) is 0 Å². The molecule has 1 aliphatic rings. The van der Waals surface area contributed by atoms with Crippen LogP contribution in [0.2, 0.25) is 0 Å². The maximum Gasteiger partial charge on any atom is 0.287 e. The number of nitrogens with zero attached hydrogens (tertiary/aromatic N) is 5. The minimum absolute atomic E-state index is 0.0259. The molecule has 1 atom stereocenters. The molecule has 0 radical (unpaired) electrons. The first-order valence-electron chi connectivity index (χ1n) is 14.7. The van der Waals surface area contributed by atoms with Crippen molar-refractivity contribution >= 4 is 29.3 Å². The van der Waals surface area contributed by atoms with Crippen LogP contribution in [0.25, 0.3) is 5.69 Å². The molecule has 2 amide bonds. The van der Waals surface area contributed by atoms with Gasteiger partial charge in [0.2, 0.25) is 0 Å². The van der Waals surface area contributed by atoms with E-state index in [4.69, 9.17) is 23.7 Å². The lowest BCUT2D eigenvalue weighted by atomic mass is 9.98. The summed E-state index contributed by atoms with van der Waals surface area (Å²) in [5.41, 5.74) is 3.29. The van der Waals surface area contributed by atoms with E-state index in [1.807, 2.05) is 72.8 Å². The van der Waals surface area contributed by atoms with Gasteiger partial charge in [0.05, 0.1) is 57.3 Å². The molecule has 3 heterocycles. The van der Waals surface area contributed by atoms with Gasteiger partial charge in [-0.15, -0.1) is 10.2 Å². The van der Waals surface area contributed by atoms with Gasteiger partial charge >= 0.3 is 0 Å². The number of furan rings is 1. The Labute approximate surface area is 275 Å². The zero-order valence-electron chi connectivity index (χ0n) is 26.0. The van der Waals surface area contributed by atoms with Crippen LogP contribution in [0.3, 0.4) is 0 Å². The standard InChI is InChI=1S/C34H32N6O6S/c1-43-24-14-10-22(11-15-24)26-19-28(23-12-16-25(44-2)17-13-23)40(38-26)32(41)21-47-34-37-36-31(20-35-33(42)30-9-6-18-46-30)39(34)27-7-4-5-8-29(27)45-3/h4-18,28H,19-21H2,1-3H3,(H,35,42). The van der Waals surface area contributed by atoms with Crippen LogP contribution in [-0.4, -0.2) is 64.4 Å². The van der Waals surface area contributed by atoms with Gasteiger partial charge in [0.1, 0.15) is 17.2 Å². The fourth-order valence-corrected chi connectivity index (χ4v) is 6.01. The molecule has 3 aromatic carbocycles. The van der Waals surface area contributed by atoms with Crippen molar-refractivity contribution in [3.63, 3.8) is 0 Å². The van der Waals surface area contributed by atoms with E-state index in [1.54, 1.807) is 43.0 Å². The van der Waals surface area contributed by atoms with Crippen LogP contribution in [0.1, 0.15) is 40.0 Å². The van der Waals surface area contributed by atoms with E-state index >= 15 is 0 Å². The van der Waals surface area contributed by atoms with Crippen LogP contribution < -0.4 is 19.5 Å². The van der Waals surface area contributed by atoms with Crippen molar-refractivity contribution < 1.29 is 28.2 Å². The Kier molecular flexibility index (Phi) is 9.53. The predicted octanol–water partition coefficient (Wildman–Crippen LogP) is 5.29. The number of para-hydroxylation sites is 2. The van der Waals surface area contributed by atoms with E-state index in [9.17, 15) is 9.59 Å². The first kappa shape index (κ1) is 31.4. The fourth-order valence-electron chi connectivity index (χ4n) is 5.20. The molecule has 5 aromatic rings. The number of hydrazone groups is 1. The molecule has 1 N–H and O–H groups in total. The summed E-state index contributed by atoms with van der Waals surface area (Å²) in [5.74, 6) is 2.09. The first-order chi connectivity index (χ1) is 23.0. The van der Waals surface area contributed by atoms with Gasteiger partial charge in [-0.3, -0.25) is 14.2 Å². The normalized spacial score (nSPS) is 14.1. The molecule has 2 aromatic heterocycles. The van der Waals surface area contributed by atoms with E-state index in [2.05, 4.69) is 15.5 Å². The number of thioether (sulfide) groups is 1. The van der Waals surface area contributed by atoms with Crippen molar-refractivity contribution in [2.24, 2.45) is 5.10 Å². The molecule has 240 valence electrons. The fraction of sp³-hybridized carbons (Fsp3) is 0.206. The van der Waals surface area contributed by atoms with E-state index < -0.39 is 5.91 Å². The third kappa shape index (κ3) is 6.84. The van der Waals surface area contributed by atoms with E-state index in [1.165, 1.54) is 18.0 Å². The van der Waals surface area contributed by atoms with Gasteiger partial charge < -0.3 is 23.9 Å². The smallest absolute Gasteiger partial charge is 0.287 e. The second-order valence-electron chi connectivity index (χ2n) is 10.4. The van der Waals surface area contributed by atoms with Gasteiger partial charge in [-0.1, -0.05) is 36.0 Å². The highest BCUT2D eigenvalue weighted by Gasteiger charge is 2.33. The molecular formula is C34H32N6O6S. The average Bonchev–Trinajstić information content (AvgIpc) is 3.90. The third-order valence-corrected chi connectivity index (χ3v) is 8.51. The Bertz CT molecular complexity index is 1870. The molecule has 0 spiro atoms. The molecule has 47 heavy (non-hydrogen) atoms. The summed E-state index contributed by atoms with van der Waals surface area (Å²) in [6.45, 7) is 0.0558. The number of nitrogens with one attached hydrogen (secondary N) is 1. The SMILES string of the molecule is COc1ccc(C2=NN(C(=O)CSc3nnc(CNC(=O)c4ccco4)n3-c3ccccc3OC)C(c3ccc(OC)cc3)C2)cc1. The number of amides is 2. The number of benzene rings is 3. The van der Waals surface area contributed by atoms with Gasteiger partial charge in [0.15, 0.2) is 16.7 Å². The Morgan fingerprint density at radius 3 is 2.30 bits per heavy atom. The lowest BCUT2D eigenvalue weighted by molar-refractivity contribution is -0.130. The Morgan fingerprint density at radius 1 is 0.894 bits per heavy atom. The number of rotatable bonds is 12. The number of carbonyl (C=O) groups is 2. The van der Waals surface area contributed by atoms with Gasteiger partial charge in [-0.05, 0) is 71.8 Å². The summed E-state index contributed by atoms with van der Waals surface area (Å²) >= 11 is 1.22. The largest absolute Gasteiger partial charge is 0.497 e. The molecular weight excluding hydrogens is 620 g/mol. The highest BCUT2D eigenvalue weighted by atomic mass is 32.2.